The molecule has 1 aromatic carbocycles. The number of aliphatic hydroxyl groups excluding tert-OH is 1. The summed E-state index contributed by atoms with van der Waals surface area (Å²) in [5.74, 6) is 0.319. The number of imidazole rings is 1. The molecule has 0 radical (unpaired) electrons. The maximum atomic E-state index is 15.2. The number of sulfonamides is 1. The van der Waals surface area contributed by atoms with Gasteiger partial charge in [0.25, 0.3) is 0 Å². The molecule has 1 fully saturated rings. The van der Waals surface area contributed by atoms with Gasteiger partial charge in [0, 0.05) is 24.7 Å². The first-order valence-corrected chi connectivity index (χ1v) is 17.3. The molecule has 1 unspecified atom stereocenters. The van der Waals surface area contributed by atoms with Crippen LogP contribution in [0.3, 0.4) is 0 Å². The molecule has 10 nitrogen and oxygen atoms in total. The van der Waals surface area contributed by atoms with E-state index in [-0.39, 0.29) is 48.7 Å². The van der Waals surface area contributed by atoms with E-state index in [0.29, 0.717) is 29.0 Å². The van der Waals surface area contributed by atoms with Crippen LogP contribution in [0.1, 0.15) is 32.1 Å². The highest BCUT2D eigenvalue weighted by Gasteiger charge is 2.32. The van der Waals surface area contributed by atoms with E-state index in [2.05, 4.69) is 42.3 Å². The number of nitrogens with zero attached hydrogens (tertiary/aromatic N) is 5. The second kappa shape index (κ2) is 11.3. The molecule has 1 aliphatic heterocycles. The Balaban J connectivity index is 1.67. The summed E-state index contributed by atoms with van der Waals surface area (Å²) in [6.45, 7) is 4.74. The highest BCUT2D eigenvalue weighted by Crippen LogP contribution is 2.33. The van der Waals surface area contributed by atoms with E-state index in [1.807, 2.05) is 18.4 Å². The highest BCUT2D eigenvalue weighted by atomic mass is 127. The number of β-amino-alcohol motifs (C(OH)–C–C–N with tert-alkyl or cyclic N) is 1. The minimum atomic E-state index is -3.39. The van der Waals surface area contributed by atoms with Crippen LogP contribution in [0.5, 0.6) is 0 Å². The third kappa shape index (κ3) is 5.92. The molecule has 3 atom stereocenters. The van der Waals surface area contributed by atoms with Crippen molar-refractivity contribution in [2.75, 3.05) is 24.7 Å². The molecule has 1 aliphatic rings. The van der Waals surface area contributed by atoms with Crippen LogP contribution in [-0.4, -0.2) is 68.8 Å². The predicted molar refractivity (Wildman–Crippen MR) is 148 cm³/mol. The summed E-state index contributed by atoms with van der Waals surface area (Å²) in [4.78, 5) is 13.2. The summed E-state index contributed by atoms with van der Waals surface area (Å²) in [6, 6.07) is 2.68. The minimum absolute atomic E-state index is 0.0122. The molecular formula is C21H26ClFIN6O4PS. The molecule has 0 amide bonds. The Morgan fingerprint density at radius 3 is 2.78 bits per heavy atom. The van der Waals surface area contributed by atoms with Crippen LogP contribution in [0, 0.1) is 5.82 Å². The first kappa shape index (κ1) is 27.8. The largest absolute Gasteiger partial charge is 0.390 e. The van der Waals surface area contributed by atoms with Gasteiger partial charge in [-0.15, -0.1) is 0 Å². The fourth-order valence-corrected chi connectivity index (χ4v) is 6.00. The number of hydrogen-bond donors (Lipinski definition) is 2. The topological polar surface area (TPSA) is 122 Å². The van der Waals surface area contributed by atoms with Crippen LogP contribution in [0.2, 0.25) is 5.02 Å². The van der Waals surface area contributed by atoms with E-state index >= 15 is 4.39 Å². The summed E-state index contributed by atoms with van der Waals surface area (Å²) in [5.41, 5.74) is 1.62. The molecule has 4 rings (SSSR count). The van der Waals surface area contributed by atoms with Gasteiger partial charge in [0.15, 0.2) is 5.82 Å². The number of piperidine rings is 1. The average molecular weight is 671 g/mol. The van der Waals surface area contributed by atoms with Crippen molar-refractivity contribution in [3.8, 4) is 11.3 Å². The van der Waals surface area contributed by atoms with Crippen LogP contribution >= 0.6 is 40.1 Å². The van der Waals surface area contributed by atoms with Gasteiger partial charge in [-0.25, -0.2) is 27.8 Å². The lowest BCUT2D eigenvalue weighted by atomic mass is 10.0. The Morgan fingerprint density at radius 2 is 2.14 bits per heavy atom. The Bertz CT molecular complexity index is 1380. The summed E-state index contributed by atoms with van der Waals surface area (Å²) >= 11 is 8.54. The van der Waals surface area contributed by atoms with Gasteiger partial charge in [-0.1, -0.05) is 11.6 Å². The van der Waals surface area contributed by atoms with Crippen molar-refractivity contribution < 1.29 is 22.4 Å². The lowest BCUT2D eigenvalue weighted by molar-refractivity contribution is 0.0950. The molecule has 36 heavy (non-hydrogen) atoms. The third-order valence-corrected chi connectivity index (χ3v) is 8.67. The van der Waals surface area contributed by atoms with E-state index in [1.165, 1.54) is 16.6 Å². The van der Waals surface area contributed by atoms with E-state index in [0.717, 1.165) is 6.26 Å². The first-order chi connectivity index (χ1) is 17.0. The molecule has 3 aromatic rings. The maximum absolute atomic E-state index is 15.2. The van der Waals surface area contributed by atoms with Crippen LogP contribution in [0.25, 0.3) is 22.3 Å². The van der Waals surface area contributed by atoms with Crippen molar-refractivity contribution in [2.45, 2.75) is 45.1 Å². The SMILES string of the molecule is CC(C)n1c(COPI)nc2c(F)cc(-c3nc(N[C@@H]4CCN(S(C)(=O)=O)C[C@H]4O)ncc3Cl)cc21. The van der Waals surface area contributed by atoms with Crippen LogP contribution in [0.4, 0.5) is 10.3 Å². The maximum Gasteiger partial charge on any atom is 0.223 e. The molecular weight excluding hydrogens is 645 g/mol. The zero-order valence-corrected chi connectivity index (χ0v) is 24.5. The van der Waals surface area contributed by atoms with E-state index in [9.17, 15) is 13.5 Å². The number of nitrogens with one attached hydrogen (secondary N) is 1. The van der Waals surface area contributed by atoms with Gasteiger partial charge in [0.1, 0.15) is 17.9 Å². The smallest absolute Gasteiger partial charge is 0.223 e. The lowest BCUT2D eigenvalue weighted by Crippen LogP contribution is -2.51. The van der Waals surface area contributed by atoms with Crippen molar-refractivity contribution in [1.82, 2.24) is 23.8 Å². The molecule has 3 heterocycles. The van der Waals surface area contributed by atoms with Gasteiger partial charge < -0.3 is 19.5 Å². The Kier molecular flexibility index (Phi) is 8.70. The fraction of sp³-hybridized carbons (Fsp3) is 0.476. The quantitative estimate of drug-likeness (QED) is 0.271. The van der Waals surface area contributed by atoms with Crippen LogP contribution in [-0.2, 0) is 21.2 Å². The van der Waals surface area contributed by atoms with Crippen LogP contribution < -0.4 is 5.32 Å². The molecule has 0 bridgehead atoms. The Labute approximate surface area is 228 Å². The molecule has 2 N–H and O–H groups in total. The average Bonchev–Trinajstić information content (AvgIpc) is 3.18. The Morgan fingerprint density at radius 1 is 1.39 bits per heavy atom. The number of fused-ring (bicyclic) bond motifs is 1. The highest BCUT2D eigenvalue weighted by molar-refractivity contribution is 14.2. The summed E-state index contributed by atoms with van der Waals surface area (Å²) < 4.78 is 47.5. The fourth-order valence-electron chi connectivity index (χ4n) is 4.28. The standard InChI is InChI=1S/C21H26ClFIN6O4PS/c1-11(2)30-16-7-12(6-14(23)20(16)27-18(30)10-34-35-24)19-13(22)8-25-21(28-19)26-15-4-5-29(9-17(15)31)36(3,32)33/h6-8,11,15,17,31,35H,4-5,9-10H2,1-3H3,(H,25,26,28)/t15-,17-/m1/s1. The summed E-state index contributed by atoms with van der Waals surface area (Å²) in [6.07, 6.45) is 1.94. The molecule has 0 saturated carbocycles. The second-order valence-corrected chi connectivity index (χ2v) is 13.0. The van der Waals surface area contributed by atoms with Gasteiger partial charge >= 0.3 is 0 Å². The molecule has 15 heteroatoms. The van der Waals surface area contributed by atoms with Crippen molar-refractivity contribution >= 4 is 67.1 Å². The predicted octanol–water partition coefficient (Wildman–Crippen LogP) is 4.13. The molecule has 196 valence electrons. The van der Waals surface area contributed by atoms with Crippen molar-refractivity contribution in [2.24, 2.45) is 0 Å². The molecule has 1 saturated heterocycles. The first-order valence-electron chi connectivity index (χ1n) is 11.1. The number of aromatic nitrogens is 4. The molecule has 0 aliphatic carbocycles. The van der Waals surface area contributed by atoms with Crippen molar-refractivity contribution in [3.05, 3.63) is 35.0 Å². The Hall–Kier alpha value is -1.22. The van der Waals surface area contributed by atoms with E-state index < -0.39 is 28.0 Å². The van der Waals surface area contributed by atoms with Gasteiger partial charge in [-0.3, -0.25) is 0 Å². The number of halogens is 3. The zero-order valence-electron chi connectivity index (χ0n) is 19.7. The van der Waals surface area contributed by atoms with Gasteiger partial charge in [0.2, 0.25) is 16.0 Å². The van der Waals surface area contributed by atoms with E-state index in [1.54, 1.807) is 6.07 Å². The summed E-state index contributed by atoms with van der Waals surface area (Å²) in [5, 5.41) is 13.8. The van der Waals surface area contributed by atoms with Crippen molar-refractivity contribution in [1.29, 1.82) is 0 Å². The monoisotopic (exact) mass is 670 g/mol. The van der Waals surface area contributed by atoms with Crippen molar-refractivity contribution in [3.63, 3.8) is 0 Å². The number of anilines is 1. The molecule has 0 spiro atoms. The van der Waals surface area contributed by atoms with Gasteiger partial charge in [-0.2, -0.15) is 4.31 Å². The number of rotatable bonds is 8. The number of hydrogen-bond acceptors (Lipinski definition) is 8. The summed E-state index contributed by atoms with van der Waals surface area (Å²) in [7, 11) is -3.39. The van der Waals surface area contributed by atoms with Crippen LogP contribution in [0.15, 0.2) is 18.3 Å². The zero-order chi connectivity index (χ0) is 26.2. The van der Waals surface area contributed by atoms with E-state index in [4.69, 9.17) is 16.1 Å². The molecule has 2 aromatic heterocycles. The second-order valence-electron chi connectivity index (χ2n) is 8.80. The lowest BCUT2D eigenvalue weighted by Gasteiger charge is -2.34. The normalized spacial score (nSPS) is 19.7. The number of benzene rings is 1. The van der Waals surface area contributed by atoms with Gasteiger partial charge in [0.05, 0.1) is 47.3 Å². The number of aliphatic hydroxyl groups is 1. The third-order valence-electron chi connectivity index (χ3n) is 5.94. The minimum Gasteiger partial charge on any atom is -0.390 e. The van der Waals surface area contributed by atoms with Gasteiger partial charge in [-0.05, 0) is 54.4 Å².